The van der Waals surface area contributed by atoms with Crippen molar-refractivity contribution < 1.29 is 13.6 Å². The van der Waals surface area contributed by atoms with Crippen LogP contribution >= 0.6 is 11.3 Å². The molecule has 4 nitrogen and oxygen atoms in total. The summed E-state index contributed by atoms with van der Waals surface area (Å²) in [6.45, 7) is 3.71. The number of halogens is 2. The highest BCUT2D eigenvalue weighted by Gasteiger charge is 2.21. The highest BCUT2D eigenvalue weighted by Crippen LogP contribution is 2.23. The predicted molar refractivity (Wildman–Crippen MR) is 85.5 cm³/mol. The van der Waals surface area contributed by atoms with Crippen LogP contribution in [0.1, 0.15) is 30.6 Å². The molecule has 2 rings (SSSR count). The molecule has 1 atom stereocenters. The maximum absolute atomic E-state index is 13.8. The number of amides is 1. The van der Waals surface area contributed by atoms with Gasteiger partial charge in [-0.3, -0.25) is 9.59 Å². The Kier molecular flexibility index (Phi) is 5.30. The smallest absolute Gasteiger partial charge is 0.307 e. The van der Waals surface area contributed by atoms with Crippen molar-refractivity contribution in [3.63, 3.8) is 0 Å². The number of aryl methyl sites for hydroxylation is 1. The second-order valence-electron chi connectivity index (χ2n) is 5.39. The minimum atomic E-state index is -0.599. The Morgan fingerprint density at radius 1 is 1.39 bits per heavy atom. The van der Waals surface area contributed by atoms with E-state index in [0.717, 1.165) is 35.2 Å². The molecule has 0 aliphatic heterocycles. The van der Waals surface area contributed by atoms with Gasteiger partial charge >= 0.3 is 4.87 Å². The van der Waals surface area contributed by atoms with E-state index in [2.05, 4.69) is 0 Å². The van der Waals surface area contributed by atoms with Gasteiger partial charge in [-0.15, -0.1) is 0 Å². The van der Waals surface area contributed by atoms with Crippen molar-refractivity contribution in [3.05, 3.63) is 56.1 Å². The highest BCUT2D eigenvalue weighted by molar-refractivity contribution is 7.07. The first-order chi connectivity index (χ1) is 10.8. The summed E-state index contributed by atoms with van der Waals surface area (Å²) in [5.74, 6) is -1.34. The molecular formula is C16H18F2N2O2S. The Bertz CT molecular complexity index is 770. The van der Waals surface area contributed by atoms with Gasteiger partial charge in [0.1, 0.15) is 11.6 Å². The molecule has 0 saturated carbocycles. The summed E-state index contributed by atoms with van der Waals surface area (Å²) in [6, 6.07) is 2.59. The molecule has 0 radical (unpaired) electrons. The van der Waals surface area contributed by atoms with Gasteiger partial charge < -0.3 is 9.47 Å². The zero-order valence-electron chi connectivity index (χ0n) is 13.2. The number of benzene rings is 1. The summed E-state index contributed by atoms with van der Waals surface area (Å²) in [4.78, 5) is 25.2. The van der Waals surface area contributed by atoms with Crippen molar-refractivity contribution in [2.45, 2.75) is 32.9 Å². The topological polar surface area (TPSA) is 42.3 Å². The molecule has 1 aromatic carbocycles. The van der Waals surface area contributed by atoms with Crippen molar-refractivity contribution in [1.29, 1.82) is 0 Å². The van der Waals surface area contributed by atoms with Crippen LogP contribution in [0.4, 0.5) is 8.78 Å². The van der Waals surface area contributed by atoms with Crippen molar-refractivity contribution in [3.8, 4) is 0 Å². The zero-order valence-corrected chi connectivity index (χ0v) is 14.0. The van der Waals surface area contributed by atoms with Gasteiger partial charge in [0.2, 0.25) is 5.91 Å². The summed E-state index contributed by atoms with van der Waals surface area (Å²) in [5.41, 5.74) is 0.935. The van der Waals surface area contributed by atoms with E-state index in [4.69, 9.17) is 0 Å². The molecule has 0 saturated heterocycles. The van der Waals surface area contributed by atoms with E-state index >= 15 is 0 Å². The Hall–Kier alpha value is -2.02. The molecule has 124 valence electrons. The van der Waals surface area contributed by atoms with Crippen LogP contribution in [0.15, 0.2) is 28.4 Å². The van der Waals surface area contributed by atoms with E-state index in [1.807, 2.05) is 0 Å². The second-order valence-corrected chi connectivity index (χ2v) is 6.21. The van der Waals surface area contributed by atoms with Crippen LogP contribution in [0.2, 0.25) is 0 Å². The molecule has 23 heavy (non-hydrogen) atoms. The Balaban J connectivity index is 2.07. The molecule has 0 fully saturated rings. The first-order valence-corrected chi connectivity index (χ1v) is 8.04. The molecule has 0 spiro atoms. The number of carbonyl (C=O) groups excluding carboxylic acids is 1. The van der Waals surface area contributed by atoms with E-state index in [9.17, 15) is 18.4 Å². The number of aromatic nitrogens is 1. The molecule has 0 bridgehead atoms. The first-order valence-electron chi connectivity index (χ1n) is 7.16. The third kappa shape index (κ3) is 3.85. The van der Waals surface area contributed by atoms with Gasteiger partial charge in [-0.05, 0) is 32.0 Å². The molecule has 0 aliphatic carbocycles. The van der Waals surface area contributed by atoms with Crippen molar-refractivity contribution in [1.82, 2.24) is 9.47 Å². The van der Waals surface area contributed by atoms with Crippen LogP contribution in [0.3, 0.4) is 0 Å². The molecule has 7 heteroatoms. The number of thiazole rings is 1. The lowest BCUT2D eigenvalue weighted by atomic mass is 10.1. The van der Waals surface area contributed by atoms with Gasteiger partial charge in [0.05, 0.1) is 6.04 Å². The van der Waals surface area contributed by atoms with Crippen LogP contribution in [0.5, 0.6) is 0 Å². The van der Waals surface area contributed by atoms with Crippen LogP contribution in [-0.4, -0.2) is 22.4 Å². The van der Waals surface area contributed by atoms with Crippen LogP contribution < -0.4 is 4.87 Å². The summed E-state index contributed by atoms with van der Waals surface area (Å²) < 4.78 is 28.6. The number of hydrogen-bond donors (Lipinski definition) is 0. The molecule has 0 N–H and O–H groups in total. The van der Waals surface area contributed by atoms with Crippen molar-refractivity contribution in [2.24, 2.45) is 0 Å². The fourth-order valence-corrected chi connectivity index (χ4v) is 3.08. The number of carbonyl (C=O) groups is 1. The van der Waals surface area contributed by atoms with Gasteiger partial charge in [-0.1, -0.05) is 11.3 Å². The SMILES string of the molecule is Cc1csc(=O)n1CCC(=O)N(C)C(C)c1cc(F)ccc1F. The normalized spacial score (nSPS) is 12.2. The van der Waals surface area contributed by atoms with Crippen LogP contribution in [-0.2, 0) is 11.3 Å². The average molecular weight is 340 g/mol. The monoisotopic (exact) mass is 340 g/mol. The molecule has 2 aromatic rings. The van der Waals surface area contributed by atoms with Gasteiger partial charge in [-0.25, -0.2) is 8.78 Å². The van der Waals surface area contributed by atoms with Crippen LogP contribution in [0.25, 0.3) is 0 Å². The molecule has 0 aliphatic rings. The van der Waals surface area contributed by atoms with Crippen LogP contribution in [0, 0.1) is 18.6 Å². The van der Waals surface area contributed by atoms with E-state index in [1.165, 1.54) is 9.47 Å². The Morgan fingerprint density at radius 2 is 2.09 bits per heavy atom. The summed E-state index contributed by atoms with van der Waals surface area (Å²) in [5, 5.41) is 1.74. The Labute approximate surface area is 137 Å². The fourth-order valence-electron chi connectivity index (χ4n) is 2.32. The van der Waals surface area contributed by atoms with E-state index < -0.39 is 17.7 Å². The summed E-state index contributed by atoms with van der Waals surface area (Å²) >= 11 is 1.09. The van der Waals surface area contributed by atoms with Crippen molar-refractivity contribution in [2.75, 3.05) is 7.05 Å². The molecule has 1 amide bonds. The maximum atomic E-state index is 13.8. The van der Waals surface area contributed by atoms with E-state index in [0.29, 0.717) is 0 Å². The largest absolute Gasteiger partial charge is 0.339 e. The maximum Gasteiger partial charge on any atom is 0.307 e. The Morgan fingerprint density at radius 3 is 2.70 bits per heavy atom. The first kappa shape index (κ1) is 17.3. The number of nitrogens with zero attached hydrogens (tertiary/aromatic N) is 2. The second kappa shape index (κ2) is 7.04. The van der Waals surface area contributed by atoms with Gasteiger partial charge in [0, 0.05) is 36.7 Å². The lowest BCUT2D eigenvalue weighted by Crippen LogP contribution is -2.31. The summed E-state index contributed by atoms with van der Waals surface area (Å²) in [7, 11) is 1.54. The number of hydrogen-bond acceptors (Lipinski definition) is 3. The average Bonchev–Trinajstić information content (AvgIpc) is 2.84. The standard InChI is InChI=1S/C16H18F2N2O2S/c1-10-9-23-16(22)20(10)7-6-15(21)19(3)11(2)13-8-12(17)4-5-14(13)18/h4-5,8-9,11H,6-7H2,1-3H3. The third-order valence-electron chi connectivity index (χ3n) is 3.91. The van der Waals surface area contributed by atoms with Gasteiger partial charge in [-0.2, -0.15) is 0 Å². The number of rotatable bonds is 5. The van der Waals surface area contributed by atoms with E-state index in [-0.39, 0.29) is 29.3 Å². The van der Waals surface area contributed by atoms with Gasteiger partial charge in [0.25, 0.3) is 0 Å². The molecule has 1 aromatic heterocycles. The molecule has 1 unspecified atom stereocenters. The van der Waals surface area contributed by atoms with Gasteiger partial charge in [0.15, 0.2) is 0 Å². The third-order valence-corrected chi connectivity index (χ3v) is 4.79. The minimum absolute atomic E-state index is 0.109. The van der Waals surface area contributed by atoms with Crippen molar-refractivity contribution >= 4 is 17.2 Å². The lowest BCUT2D eigenvalue weighted by molar-refractivity contribution is -0.132. The lowest BCUT2D eigenvalue weighted by Gasteiger charge is -2.26. The molecule has 1 heterocycles. The fraction of sp³-hybridized carbons (Fsp3) is 0.375. The quantitative estimate of drug-likeness (QED) is 0.839. The zero-order chi connectivity index (χ0) is 17.1. The molecular weight excluding hydrogens is 322 g/mol. The summed E-state index contributed by atoms with van der Waals surface area (Å²) in [6.07, 6.45) is 0.120. The highest BCUT2D eigenvalue weighted by atomic mass is 32.1. The minimum Gasteiger partial charge on any atom is -0.339 e. The van der Waals surface area contributed by atoms with E-state index in [1.54, 1.807) is 26.3 Å². The predicted octanol–water partition coefficient (Wildman–Crippen LogP) is 3.11.